The number of carbonyl (C=O) groups excluding carboxylic acids is 1. The molecule has 0 aliphatic rings. The van der Waals surface area contributed by atoms with Crippen LogP contribution in [0.2, 0.25) is 0 Å². The van der Waals surface area contributed by atoms with Crippen LogP contribution in [0.25, 0.3) is 5.65 Å². The van der Waals surface area contributed by atoms with Gasteiger partial charge in [0, 0.05) is 23.5 Å². The largest absolute Gasteiger partial charge is 0.353 e. The van der Waals surface area contributed by atoms with Gasteiger partial charge in [-0.2, -0.15) is 0 Å². The lowest BCUT2D eigenvalue weighted by atomic mass is 10.2. The standard InChI is InChI=1S/C21H18F2N6O2/c1-12-3-6-15(7-4-12)25-20-24-13(2)9-18-27-28(21(31)29(18)20)11-19(30)26-17-10-14(22)5-8-16(17)23/h3-10H,11H2,1-2H3,(H,24,25)(H,26,30). The summed E-state index contributed by atoms with van der Waals surface area (Å²) in [5.74, 6) is -1.98. The molecular formula is C21H18F2N6O2. The van der Waals surface area contributed by atoms with Crippen LogP contribution >= 0.6 is 0 Å². The van der Waals surface area contributed by atoms with E-state index in [0.29, 0.717) is 5.69 Å². The lowest BCUT2D eigenvalue weighted by Crippen LogP contribution is -2.29. The van der Waals surface area contributed by atoms with Crippen molar-refractivity contribution in [3.63, 3.8) is 0 Å². The van der Waals surface area contributed by atoms with E-state index in [1.807, 2.05) is 31.2 Å². The van der Waals surface area contributed by atoms with Crippen LogP contribution in [0.1, 0.15) is 11.3 Å². The Kier molecular flexibility index (Phi) is 5.20. The summed E-state index contributed by atoms with van der Waals surface area (Å²) in [6.07, 6.45) is 0. The number of fused-ring (bicyclic) bond motifs is 1. The van der Waals surface area contributed by atoms with E-state index in [9.17, 15) is 18.4 Å². The van der Waals surface area contributed by atoms with Crippen molar-refractivity contribution in [2.45, 2.75) is 20.4 Å². The fourth-order valence-corrected chi connectivity index (χ4v) is 3.03. The summed E-state index contributed by atoms with van der Waals surface area (Å²) < 4.78 is 29.2. The number of aryl methyl sites for hydroxylation is 2. The molecule has 0 bridgehead atoms. The Balaban J connectivity index is 1.64. The Hall–Kier alpha value is -4.08. The van der Waals surface area contributed by atoms with Gasteiger partial charge >= 0.3 is 5.69 Å². The number of hydrogen-bond acceptors (Lipinski definition) is 5. The molecule has 0 radical (unpaired) electrons. The number of nitrogens with one attached hydrogen (secondary N) is 2. The molecule has 2 heterocycles. The van der Waals surface area contributed by atoms with Crippen LogP contribution < -0.4 is 16.3 Å². The van der Waals surface area contributed by atoms with Gasteiger partial charge in [0.05, 0.1) is 5.69 Å². The third-order valence-electron chi connectivity index (χ3n) is 4.50. The average Bonchev–Trinajstić information content (AvgIpc) is 3.01. The molecule has 8 nitrogen and oxygen atoms in total. The number of hydrogen-bond donors (Lipinski definition) is 2. The van der Waals surface area contributed by atoms with Crippen LogP contribution in [0.5, 0.6) is 0 Å². The maximum Gasteiger partial charge on any atom is 0.353 e. The van der Waals surface area contributed by atoms with E-state index in [4.69, 9.17) is 0 Å². The number of amides is 1. The van der Waals surface area contributed by atoms with Crippen LogP contribution in [-0.4, -0.2) is 25.1 Å². The highest BCUT2D eigenvalue weighted by atomic mass is 19.1. The highest BCUT2D eigenvalue weighted by Gasteiger charge is 2.16. The summed E-state index contributed by atoms with van der Waals surface area (Å²) in [5, 5.41) is 9.50. The van der Waals surface area contributed by atoms with Gasteiger partial charge in [0.25, 0.3) is 0 Å². The number of benzene rings is 2. The molecule has 2 N–H and O–H groups in total. The number of aromatic nitrogens is 4. The zero-order valence-electron chi connectivity index (χ0n) is 16.7. The monoisotopic (exact) mass is 424 g/mol. The van der Waals surface area contributed by atoms with Gasteiger partial charge in [0.2, 0.25) is 11.9 Å². The van der Waals surface area contributed by atoms with E-state index in [0.717, 1.165) is 34.1 Å². The molecule has 0 spiro atoms. The van der Waals surface area contributed by atoms with Crippen molar-refractivity contribution in [3.05, 3.63) is 81.9 Å². The first-order valence-corrected chi connectivity index (χ1v) is 9.36. The molecule has 0 saturated heterocycles. The molecule has 0 fully saturated rings. The van der Waals surface area contributed by atoms with Gasteiger partial charge in [0.1, 0.15) is 18.2 Å². The molecular weight excluding hydrogens is 406 g/mol. The molecule has 0 unspecified atom stereocenters. The lowest BCUT2D eigenvalue weighted by molar-refractivity contribution is -0.117. The molecule has 2 aromatic carbocycles. The zero-order chi connectivity index (χ0) is 22.1. The Morgan fingerprint density at radius 2 is 1.81 bits per heavy atom. The Labute approximate surface area is 175 Å². The molecule has 31 heavy (non-hydrogen) atoms. The van der Waals surface area contributed by atoms with E-state index in [2.05, 4.69) is 20.7 Å². The minimum Gasteiger partial charge on any atom is -0.325 e. The van der Waals surface area contributed by atoms with Gasteiger partial charge in [0.15, 0.2) is 5.65 Å². The highest BCUT2D eigenvalue weighted by Crippen LogP contribution is 2.17. The van der Waals surface area contributed by atoms with Crippen molar-refractivity contribution in [2.24, 2.45) is 0 Å². The molecule has 0 aliphatic carbocycles. The van der Waals surface area contributed by atoms with E-state index in [1.165, 1.54) is 4.40 Å². The van der Waals surface area contributed by atoms with Crippen LogP contribution in [0, 0.1) is 25.5 Å². The molecule has 4 aromatic rings. The van der Waals surface area contributed by atoms with E-state index < -0.39 is 29.8 Å². The predicted molar refractivity (Wildman–Crippen MR) is 111 cm³/mol. The normalized spacial score (nSPS) is 11.0. The van der Waals surface area contributed by atoms with Crippen molar-refractivity contribution in [2.75, 3.05) is 10.6 Å². The SMILES string of the molecule is Cc1ccc(Nc2nc(C)cc3nn(CC(=O)Nc4cc(F)ccc4F)c(=O)n23)cc1. The minimum atomic E-state index is -0.790. The molecule has 0 saturated carbocycles. The number of nitrogens with zero attached hydrogens (tertiary/aromatic N) is 4. The van der Waals surface area contributed by atoms with Gasteiger partial charge in [-0.1, -0.05) is 17.7 Å². The van der Waals surface area contributed by atoms with Crippen molar-refractivity contribution >= 4 is 28.9 Å². The summed E-state index contributed by atoms with van der Waals surface area (Å²) in [6, 6.07) is 11.8. The average molecular weight is 424 g/mol. The first kappa shape index (κ1) is 20.2. The predicted octanol–water partition coefficient (Wildman–Crippen LogP) is 3.17. The Morgan fingerprint density at radius 3 is 2.55 bits per heavy atom. The van der Waals surface area contributed by atoms with Gasteiger partial charge in [-0.3, -0.25) is 4.79 Å². The first-order valence-electron chi connectivity index (χ1n) is 9.36. The Morgan fingerprint density at radius 1 is 1.06 bits per heavy atom. The van der Waals surface area contributed by atoms with E-state index in [-0.39, 0.29) is 17.3 Å². The summed E-state index contributed by atoms with van der Waals surface area (Å²) in [6.45, 7) is 3.23. The van der Waals surface area contributed by atoms with Crippen molar-refractivity contribution in [1.82, 2.24) is 19.2 Å². The molecule has 2 aromatic heterocycles. The summed E-state index contributed by atoms with van der Waals surface area (Å²) in [5.41, 5.74) is 1.79. The highest BCUT2D eigenvalue weighted by molar-refractivity contribution is 5.90. The summed E-state index contributed by atoms with van der Waals surface area (Å²) >= 11 is 0. The summed E-state index contributed by atoms with van der Waals surface area (Å²) in [4.78, 5) is 29.6. The first-order chi connectivity index (χ1) is 14.8. The topological polar surface area (TPSA) is 93.3 Å². The number of carbonyl (C=O) groups is 1. The van der Waals surface area contributed by atoms with E-state index in [1.54, 1.807) is 13.0 Å². The van der Waals surface area contributed by atoms with Crippen LogP contribution in [0.4, 0.5) is 26.1 Å². The molecule has 0 aliphatic heterocycles. The van der Waals surface area contributed by atoms with Crippen molar-refractivity contribution < 1.29 is 13.6 Å². The quantitative estimate of drug-likeness (QED) is 0.513. The third kappa shape index (κ3) is 4.27. The van der Waals surface area contributed by atoms with Gasteiger partial charge in [-0.05, 0) is 38.1 Å². The van der Waals surface area contributed by atoms with Crippen LogP contribution in [0.15, 0.2) is 53.3 Å². The van der Waals surface area contributed by atoms with Gasteiger partial charge in [-0.15, -0.1) is 5.10 Å². The number of anilines is 3. The molecule has 158 valence electrons. The molecule has 4 rings (SSSR count). The molecule has 1 amide bonds. The van der Waals surface area contributed by atoms with Crippen LogP contribution in [0.3, 0.4) is 0 Å². The molecule has 0 atom stereocenters. The van der Waals surface area contributed by atoms with Gasteiger partial charge < -0.3 is 10.6 Å². The second kappa shape index (κ2) is 7.98. The lowest BCUT2D eigenvalue weighted by Gasteiger charge is -2.08. The molecule has 10 heteroatoms. The third-order valence-corrected chi connectivity index (χ3v) is 4.50. The Bertz CT molecular complexity index is 1340. The van der Waals surface area contributed by atoms with Gasteiger partial charge in [-0.25, -0.2) is 27.6 Å². The zero-order valence-corrected chi connectivity index (χ0v) is 16.7. The van der Waals surface area contributed by atoms with E-state index >= 15 is 0 Å². The van der Waals surface area contributed by atoms with Crippen molar-refractivity contribution in [3.8, 4) is 0 Å². The summed E-state index contributed by atoms with van der Waals surface area (Å²) in [7, 11) is 0. The number of halogens is 2. The minimum absolute atomic E-state index is 0.242. The maximum atomic E-state index is 13.8. The second-order valence-electron chi connectivity index (χ2n) is 7.02. The smallest absolute Gasteiger partial charge is 0.325 e. The van der Waals surface area contributed by atoms with Crippen molar-refractivity contribution in [1.29, 1.82) is 0 Å². The second-order valence-corrected chi connectivity index (χ2v) is 7.02. The fraction of sp³-hybridized carbons (Fsp3) is 0.143. The fourth-order valence-electron chi connectivity index (χ4n) is 3.03. The maximum absolute atomic E-state index is 13.8. The van der Waals surface area contributed by atoms with Crippen LogP contribution in [-0.2, 0) is 11.3 Å². The number of rotatable bonds is 5.